The minimum absolute atomic E-state index is 0.128. The molecule has 1 heterocycles. The Balaban J connectivity index is 1.95. The van der Waals surface area contributed by atoms with Crippen LogP contribution in [0.25, 0.3) is 10.2 Å². The van der Waals surface area contributed by atoms with Crippen LogP contribution in [0, 0.1) is 0 Å². The lowest BCUT2D eigenvalue weighted by atomic mass is 10.2. The van der Waals surface area contributed by atoms with Crippen molar-refractivity contribution >= 4 is 67.4 Å². The van der Waals surface area contributed by atoms with E-state index < -0.39 is 5.91 Å². The van der Waals surface area contributed by atoms with Gasteiger partial charge in [0.15, 0.2) is 5.13 Å². The molecule has 0 spiro atoms. The monoisotopic (exact) mass is 356 g/mol. The fourth-order valence-corrected chi connectivity index (χ4v) is 3.38. The highest BCUT2D eigenvalue weighted by Gasteiger charge is 2.18. The number of nitrogens with one attached hydrogen (secondary N) is 1. The quantitative estimate of drug-likeness (QED) is 0.614. The van der Waals surface area contributed by atoms with Gasteiger partial charge in [0.05, 0.1) is 30.8 Å². The van der Waals surface area contributed by atoms with E-state index in [-0.39, 0.29) is 20.6 Å². The van der Waals surface area contributed by atoms with Crippen LogP contribution in [-0.2, 0) is 0 Å². The number of benzene rings is 2. The number of thiazole rings is 1. The van der Waals surface area contributed by atoms with Gasteiger partial charge in [0, 0.05) is 0 Å². The van der Waals surface area contributed by atoms with Gasteiger partial charge in [-0.3, -0.25) is 10.1 Å². The molecule has 0 aliphatic heterocycles. The summed E-state index contributed by atoms with van der Waals surface area (Å²) < 4.78 is 0.982. The second-order valence-electron chi connectivity index (χ2n) is 4.16. The number of rotatable bonds is 2. The lowest BCUT2D eigenvalue weighted by Gasteiger charge is -2.07. The van der Waals surface area contributed by atoms with Gasteiger partial charge in [0.25, 0.3) is 5.91 Å². The number of halogens is 3. The van der Waals surface area contributed by atoms with Crippen LogP contribution in [0.1, 0.15) is 10.4 Å². The molecular formula is C14H7Cl3N2OS. The Labute approximate surface area is 139 Å². The number of aromatic nitrogens is 1. The molecule has 0 saturated heterocycles. The third-order valence-electron chi connectivity index (χ3n) is 2.79. The highest BCUT2D eigenvalue weighted by Crippen LogP contribution is 2.33. The van der Waals surface area contributed by atoms with Gasteiger partial charge in [-0.25, -0.2) is 4.98 Å². The van der Waals surface area contributed by atoms with Crippen molar-refractivity contribution < 1.29 is 4.79 Å². The predicted octanol–water partition coefficient (Wildman–Crippen LogP) is 5.51. The molecule has 0 radical (unpaired) electrons. The number of fused-ring (bicyclic) bond motifs is 1. The van der Waals surface area contributed by atoms with Crippen molar-refractivity contribution in [2.24, 2.45) is 0 Å². The van der Waals surface area contributed by atoms with E-state index in [1.165, 1.54) is 17.4 Å². The molecule has 1 N–H and O–H groups in total. The highest BCUT2D eigenvalue weighted by molar-refractivity contribution is 7.22. The fourth-order valence-electron chi connectivity index (χ4n) is 1.82. The second-order valence-corrected chi connectivity index (χ2v) is 6.38. The molecule has 7 heteroatoms. The zero-order chi connectivity index (χ0) is 15.0. The minimum Gasteiger partial charge on any atom is -0.298 e. The summed E-state index contributed by atoms with van der Waals surface area (Å²) in [5.41, 5.74) is 0.964. The first-order chi connectivity index (χ1) is 10.1. The van der Waals surface area contributed by atoms with E-state index >= 15 is 0 Å². The van der Waals surface area contributed by atoms with Crippen LogP contribution >= 0.6 is 46.1 Å². The maximum Gasteiger partial charge on any atom is 0.260 e. The summed E-state index contributed by atoms with van der Waals surface area (Å²) in [6, 6.07) is 10.7. The molecule has 1 aromatic heterocycles. The van der Waals surface area contributed by atoms with Gasteiger partial charge in [0.2, 0.25) is 0 Å². The Kier molecular flexibility index (Phi) is 4.04. The standard InChI is InChI=1S/C14H7Cl3N2OS/c15-7-5-6-8(16)12(17)11(7)13(20)19-14-18-9-3-1-2-4-10(9)21-14/h1-6H,(H,18,19,20). The molecule has 1 amide bonds. The van der Waals surface area contributed by atoms with E-state index in [0.29, 0.717) is 5.13 Å². The summed E-state index contributed by atoms with van der Waals surface area (Å²) in [5, 5.41) is 3.82. The number of amides is 1. The average molecular weight is 358 g/mol. The van der Waals surface area contributed by atoms with Crippen LogP contribution in [0.2, 0.25) is 15.1 Å². The molecule has 0 fully saturated rings. The molecular weight excluding hydrogens is 351 g/mol. The maximum atomic E-state index is 12.3. The van der Waals surface area contributed by atoms with E-state index in [1.807, 2.05) is 24.3 Å². The topological polar surface area (TPSA) is 42.0 Å². The number of hydrogen-bond donors (Lipinski definition) is 1. The normalized spacial score (nSPS) is 10.8. The third kappa shape index (κ3) is 2.85. The largest absolute Gasteiger partial charge is 0.298 e. The molecule has 0 unspecified atom stereocenters. The summed E-state index contributed by atoms with van der Waals surface area (Å²) in [6.07, 6.45) is 0. The molecule has 0 aliphatic carbocycles. The van der Waals surface area contributed by atoms with Crippen molar-refractivity contribution in [3.05, 3.63) is 57.0 Å². The molecule has 21 heavy (non-hydrogen) atoms. The summed E-state index contributed by atoms with van der Waals surface area (Å²) in [4.78, 5) is 16.6. The van der Waals surface area contributed by atoms with Gasteiger partial charge >= 0.3 is 0 Å². The summed E-state index contributed by atoms with van der Waals surface area (Å²) >= 11 is 19.4. The van der Waals surface area contributed by atoms with E-state index in [0.717, 1.165) is 10.2 Å². The molecule has 0 atom stereocenters. The Bertz CT molecular complexity index is 814. The Morgan fingerprint density at radius 2 is 1.76 bits per heavy atom. The van der Waals surface area contributed by atoms with Crippen LogP contribution in [0.4, 0.5) is 5.13 Å². The molecule has 106 valence electrons. The smallest absolute Gasteiger partial charge is 0.260 e. The third-order valence-corrected chi connectivity index (χ3v) is 4.86. The first kappa shape index (κ1) is 14.6. The van der Waals surface area contributed by atoms with Crippen molar-refractivity contribution in [1.82, 2.24) is 4.98 Å². The zero-order valence-electron chi connectivity index (χ0n) is 10.4. The Morgan fingerprint density at radius 3 is 2.52 bits per heavy atom. The molecule has 3 nitrogen and oxygen atoms in total. The first-order valence-corrected chi connectivity index (χ1v) is 7.81. The number of nitrogens with zero attached hydrogens (tertiary/aromatic N) is 1. The Morgan fingerprint density at radius 1 is 1.05 bits per heavy atom. The lowest BCUT2D eigenvalue weighted by molar-refractivity contribution is 0.102. The first-order valence-electron chi connectivity index (χ1n) is 5.86. The molecule has 2 aromatic carbocycles. The molecule has 3 rings (SSSR count). The summed E-state index contributed by atoms with van der Waals surface area (Å²) in [6.45, 7) is 0. The summed E-state index contributed by atoms with van der Waals surface area (Å²) in [5.74, 6) is -0.438. The van der Waals surface area contributed by atoms with Crippen molar-refractivity contribution in [3.63, 3.8) is 0 Å². The van der Waals surface area contributed by atoms with Gasteiger partial charge in [-0.05, 0) is 24.3 Å². The number of carbonyl (C=O) groups is 1. The minimum atomic E-state index is -0.438. The van der Waals surface area contributed by atoms with E-state index in [1.54, 1.807) is 6.07 Å². The fraction of sp³-hybridized carbons (Fsp3) is 0. The van der Waals surface area contributed by atoms with Crippen molar-refractivity contribution in [2.75, 3.05) is 5.32 Å². The maximum absolute atomic E-state index is 12.3. The van der Waals surface area contributed by atoms with Crippen LogP contribution in [0.3, 0.4) is 0 Å². The number of para-hydroxylation sites is 1. The number of carbonyl (C=O) groups excluding carboxylic acids is 1. The molecule has 3 aromatic rings. The van der Waals surface area contributed by atoms with E-state index in [9.17, 15) is 4.79 Å². The van der Waals surface area contributed by atoms with Crippen LogP contribution in [0.15, 0.2) is 36.4 Å². The van der Waals surface area contributed by atoms with Crippen molar-refractivity contribution in [3.8, 4) is 0 Å². The average Bonchev–Trinajstić information content (AvgIpc) is 2.85. The Hall–Kier alpha value is -1.33. The number of anilines is 1. The van der Waals surface area contributed by atoms with E-state index in [4.69, 9.17) is 34.8 Å². The lowest BCUT2D eigenvalue weighted by Crippen LogP contribution is -2.13. The SMILES string of the molecule is O=C(Nc1nc2ccccc2s1)c1c(Cl)ccc(Cl)c1Cl. The van der Waals surface area contributed by atoms with Gasteiger partial charge in [-0.1, -0.05) is 58.3 Å². The van der Waals surface area contributed by atoms with Crippen LogP contribution < -0.4 is 5.32 Å². The molecule has 0 bridgehead atoms. The van der Waals surface area contributed by atoms with E-state index in [2.05, 4.69) is 10.3 Å². The van der Waals surface area contributed by atoms with Gasteiger partial charge in [-0.15, -0.1) is 0 Å². The highest BCUT2D eigenvalue weighted by atomic mass is 35.5. The van der Waals surface area contributed by atoms with Crippen molar-refractivity contribution in [1.29, 1.82) is 0 Å². The van der Waals surface area contributed by atoms with Gasteiger partial charge in [-0.2, -0.15) is 0 Å². The molecule has 0 aliphatic rings. The van der Waals surface area contributed by atoms with Crippen LogP contribution in [0.5, 0.6) is 0 Å². The van der Waals surface area contributed by atoms with Gasteiger partial charge < -0.3 is 0 Å². The summed E-state index contributed by atoms with van der Waals surface area (Å²) in [7, 11) is 0. The predicted molar refractivity (Wildman–Crippen MR) is 89.0 cm³/mol. The molecule has 0 saturated carbocycles. The number of hydrogen-bond acceptors (Lipinski definition) is 3. The van der Waals surface area contributed by atoms with Crippen LogP contribution in [-0.4, -0.2) is 10.9 Å². The van der Waals surface area contributed by atoms with Gasteiger partial charge in [0.1, 0.15) is 0 Å². The zero-order valence-corrected chi connectivity index (χ0v) is 13.4. The van der Waals surface area contributed by atoms with Crippen molar-refractivity contribution in [2.45, 2.75) is 0 Å². The second kappa shape index (κ2) is 5.81.